The first-order valence-electron chi connectivity index (χ1n) is 8.75. The van der Waals surface area contributed by atoms with Crippen LogP contribution in [0.2, 0.25) is 0 Å². The standard InChI is InChI=1S/C19H25FN4O/c1-14-3-4-16(9-18(14)20)12-24-7-5-15(6-8-24)10-21-19(25)17-11-22-23(2)13-17/h3-4,9,11,13,15H,5-8,10,12H2,1-2H3,(H,21,25). The van der Waals surface area contributed by atoms with Gasteiger partial charge in [-0.25, -0.2) is 4.39 Å². The largest absolute Gasteiger partial charge is 0.352 e. The van der Waals surface area contributed by atoms with Gasteiger partial charge in [0.1, 0.15) is 5.82 Å². The van der Waals surface area contributed by atoms with Crippen molar-refractivity contribution in [3.05, 3.63) is 53.1 Å². The van der Waals surface area contributed by atoms with Gasteiger partial charge in [-0.2, -0.15) is 5.10 Å². The Morgan fingerprint density at radius 1 is 1.36 bits per heavy atom. The van der Waals surface area contributed by atoms with E-state index >= 15 is 0 Å². The van der Waals surface area contributed by atoms with Crippen molar-refractivity contribution in [2.45, 2.75) is 26.3 Å². The van der Waals surface area contributed by atoms with Crippen molar-refractivity contribution in [1.82, 2.24) is 20.0 Å². The monoisotopic (exact) mass is 344 g/mol. The van der Waals surface area contributed by atoms with Crippen molar-refractivity contribution in [3.63, 3.8) is 0 Å². The minimum Gasteiger partial charge on any atom is -0.352 e. The molecule has 1 aliphatic rings. The van der Waals surface area contributed by atoms with Gasteiger partial charge >= 0.3 is 0 Å². The van der Waals surface area contributed by atoms with Crippen LogP contribution in [0, 0.1) is 18.7 Å². The SMILES string of the molecule is Cc1ccc(CN2CCC(CNC(=O)c3cnn(C)c3)CC2)cc1F. The zero-order valence-corrected chi connectivity index (χ0v) is 14.8. The van der Waals surface area contributed by atoms with E-state index in [0.717, 1.165) is 38.0 Å². The second-order valence-electron chi connectivity index (χ2n) is 6.92. The second-order valence-corrected chi connectivity index (χ2v) is 6.92. The van der Waals surface area contributed by atoms with Crippen LogP contribution in [-0.2, 0) is 13.6 Å². The average Bonchev–Trinajstić information content (AvgIpc) is 3.04. The van der Waals surface area contributed by atoms with Crippen LogP contribution in [0.4, 0.5) is 4.39 Å². The van der Waals surface area contributed by atoms with E-state index in [1.54, 1.807) is 37.1 Å². The number of halogens is 1. The second kappa shape index (κ2) is 7.78. The predicted molar refractivity (Wildman–Crippen MR) is 94.7 cm³/mol. The van der Waals surface area contributed by atoms with Gasteiger partial charge in [0.05, 0.1) is 11.8 Å². The Hall–Kier alpha value is -2.21. The summed E-state index contributed by atoms with van der Waals surface area (Å²) in [6.07, 6.45) is 5.39. The summed E-state index contributed by atoms with van der Waals surface area (Å²) < 4.78 is 15.3. The van der Waals surface area contributed by atoms with Gasteiger partial charge in [0, 0.05) is 26.3 Å². The Bertz CT molecular complexity index is 735. The van der Waals surface area contributed by atoms with E-state index in [1.165, 1.54) is 0 Å². The minimum atomic E-state index is -0.134. The van der Waals surface area contributed by atoms with Gasteiger partial charge in [0.2, 0.25) is 0 Å². The summed E-state index contributed by atoms with van der Waals surface area (Å²) in [4.78, 5) is 14.4. The molecule has 2 heterocycles. The first-order valence-corrected chi connectivity index (χ1v) is 8.75. The van der Waals surface area contributed by atoms with E-state index in [9.17, 15) is 9.18 Å². The fourth-order valence-corrected chi connectivity index (χ4v) is 3.22. The number of nitrogens with zero attached hydrogens (tertiary/aromatic N) is 3. The Labute approximate surface area is 147 Å². The maximum atomic E-state index is 13.6. The Morgan fingerprint density at radius 3 is 2.76 bits per heavy atom. The van der Waals surface area contributed by atoms with E-state index in [1.807, 2.05) is 12.1 Å². The molecular weight excluding hydrogens is 319 g/mol. The average molecular weight is 344 g/mol. The molecule has 1 N–H and O–H groups in total. The van der Waals surface area contributed by atoms with Gasteiger partial charge in [-0.1, -0.05) is 12.1 Å². The summed E-state index contributed by atoms with van der Waals surface area (Å²) in [5.41, 5.74) is 2.31. The number of hydrogen-bond acceptors (Lipinski definition) is 3. The molecule has 0 unspecified atom stereocenters. The number of amides is 1. The number of likely N-dealkylation sites (tertiary alicyclic amines) is 1. The molecule has 1 saturated heterocycles. The van der Waals surface area contributed by atoms with Crippen molar-refractivity contribution in [2.75, 3.05) is 19.6 Å². The maximum absolute atomic E-state index is 13.6. The molecule has 1 aromatic heterocycles. The van der Waals surface area contributed by atoms with Crippen LogP contribution >= 0.6 is 0 Å². The van der Waals surface area contributed by atoms with Crippen LogP contribution in [0.1, 0.15) is 34.3 Å². The van der Waals surface area contributed by atoms with Crippen molar-refractivity contribution in [1.29, 1.82) is 0 Å². The Kier molecular flexibility index (Phi) is 5.48. The van der Waals surface area contributed by atoms with Crippen LogP contribution < -0.4 is 5.32 Å². The molecule has 0 atom stereocenters. The lowest BCUT2D eigenvalue weighted by Crippen LogP contribution is -2.38. The molecule has 6 heteroatoms. The van der Waals surface area contributed by atoms with Crippen molar-refractivity contribution in [2.24, 2.45) is 13.0 Å². The molecule has 0 radical (unpaired) electrons. The molecule has 1 aromatic carbocycles. The van der Waals surface area contributed by atoms with Gasteiger partial charge in [0.25, 0.3) is 5.91 Å². The smallest absolute Gasteiger partial charge is 0.254 e. The van der Waals surface area contributed by atoms with E-state index in [-0.39, 0.29) is 11.7 Å². The molecule has 1 fully saturated rings. The molecule has 3 rings (SSSR count). The molecular formula is C19H25FN4O. The lowest BCUT2D eigenvalue weighted by atomic mass is 9.96. The number of nitrogens with one attached hydrogen (secondary N) is 1. The maximum Gasteiger partial charge on any atom is 0.254 e. The quantitative estimate of drug-likeness (QED) is 0.907. The number of aromatic nitrogens is 2. The molecule has 25 heavy (non-hydrogen) atoms. The number of carbonyl (C=O) groups is 1. The summed E-state index contributed by atoms with van der Waals surface area (Å²) in [7, 11) is 1.80. The highest BCUT2D eigenvalue weighted by Gasteiger charge is 2.20. The summed E-state index contributed by atoms with van der Waals surface area (Å²) in [6, 6.07) is 5.47. The van der Waals surface area contributed by atoms with Crippen molar-refractivity contribution < 1.29 is 9.18 Å². The van der Waals surface area contributed by atoms with E-state index in [2.05, 4.69) is 15.3 Å². The van der Waals surface area contributed by atoms with Crippen LogP contribution in [0.3, 0.4) is 0 Å². The van der Waals surface area contributed by atoms with Gasteiger partial charge in [0.15, 0.2) is 0 Å². The van der Waals surface area contributed by atoms with Gasteiger partial charge in [-0.05, 0) is 56.0 Å². The van der Waals surface area contributed by atoms with Crippen LogP contribution in [0.25, 0.3) is 0 Å². The summed E-state index contributed by atoms with van der Waals surface area (Å²) in [6.45, 7) is 5.21. The number of hydrogen-bond donors (Lipinski definition) is 1. The number of rotatable bonds is 5. The van der Waals surface area contributed by atoms with Crippen LogP contribution in [0.5, 0.6) is 0 Å². The Balaban J connectivity index is 1.42. The lowest BCUT2D eigenvalue weighted by Gasteiger charge is -2.32. The molecule has 0 bridgehead atoms. The third-order valence-corrected chi connectivity index (χ3v) is 4.87. The predicted octanol–water partition coefficient (Wildman–Crippen LogP) is 2.51. The summed E-state index contributed by atoms with van der Waals surface area (Å²) >= 11 is 0. The fraction of sp³-hybridized carbons (Fsp3) is 0.474. The highest BCUT2D eigenvalue weighted by Crippen LogP contribution is 2.19. The third-order valence-electron chi connectivity index (χ3n) is 4.87. The van der Waals surface area contributed by atoms with E-state index in [4.69, 9.17) is 0 Å². The van der Waals surface area contributed by atoms with Gasteiger partial charge in [-0.3, -0.25) is 14.4 Å². The Morgan fingerprint density at radius 2 is 2.12 bits per heavy atom. The first-order chi connectivity index (χ1) is 12.0. The van der Waals surface area contributed by atoms with E-state index in [0.29, 0.717) is 23.6 Å². The van der Waals surface area contributed by atoms with Gasteiger partial charge in [-0.15, -0.1) is 0 Å². The van der Waals surface area contributed by atoms with Gasteiger partial charge < -0.3 is 5.32 Å². The topological polar surface area (TPSA) is 50.2 Å². The lowest BCUT2D eigenvalue weighted by molar-refractivity contribution is 0.0935. The minimum absolute atomic E-state index is 0.0642. The third kappa shape index (κ3) is 4.66. The zero-order chi connectivity index (χ0) is 17.8. The molecule has 1 amide bonds. The fourth-order valence-electron chi connectivity index (χ4n) is 3.22. The highest BCUT2D eigenvalue weighted by atomic mass is 19.1. The normalized spacial score (nSPS) is 16.1. The number of carbonyl (C=O) groups excluding carboxylic acids is 1. The molecule has 0 saturated carbocycles. The van der Waals surface area contributed by atoms with Crippen molar-refractivity contribution >= 4 is 5.91 Å². The number of benzene rings is 1. The molecule has 1 aliphatic heterocycles. The number of piperidine rings is 1. The zero-order valence-electron chi connectivity index (χ0n) is 14.8. The van der Waals surface area contributed by atoms with Crippen LogP contribution in [0.15, 0.2) is 30.6 Å². The first kappa shape index (κ1) is 17.6. The summed E-state index contributed by atoms with van der Waals surface area (Å²) in [5, 5.41) is 7.02. The van der Waals surface area contributed by atoms with Crippen molar-refractivity contribution in [3.8, 4) is 0 Å². The molecule has 0 spiro atoms. The van der Waals surface area contributed by atoms with Crippen LogP contribution in [-0.4, -0.2) is 40.2 Å². The highest BCUT2D eigenvalue weighted by molar-refractivity contribution is 5.93. The molecule has 2 aromatic rings. The van der Waals surface area contributed by atoms with E-state index < -0.39 is 0 Å². The molecule has 0 aliphatic carbocycles. The molecule has 134 valence electrons. The summed E-state index contributed by atoms with van der Waals surface area (Å²) in [5.74, 6) is 0.294. The molecule has 5 nitrogen and oxygen atoms in total. The number of aryl methyl sites for hydroxylation is 2.